The molecule has 1 fully saturated rings. The van der Waals surface area contributed by atoms with Crippen LogP contribution in [-0.2, 0) is 11.3 Å². The number of ether oxygens (including phenoxy) is 1. The maximum Gasteiger partial charge on any atom is 0.317 e. The van der Waals surface area contributed by atoms with Crippen LogP contribution in [0, 0.1) is 0 Å². The van der Waals surface area contributed by atoms with Crippen molar-refractivity contribution in [3.63, 3.8) is 0 Å². The number of benzene rings is 2. The summed E-state index contributed by atoms with van der Waals surface area (Å²) in [5.74, 6) is 0.694. The molecule has 1 atom stereocenters. The van der Waals surface area contributed by atoms with Crippen molar-refractivity contribution >= 4 is 17.6 Å². The molecular weight excluding hydrogens is 330 g/mol. The number of rotatable bonds is 5. The Morgan fingerprint density at radius 3 is 2.73 bits per heavy atom. The molecule has 0 aromatic heterocycles. The predicted octanol–water partition coefficient (Wildman–Crippen LogP) is 2.64. The first-order chi connectivity index (χ1) is 12.6. The fourth-order valence-electron chi connectivity index (χ4n) is 3.05. The highest BCUT2D eigenvalue weighted by atomic mass is 16.5. The van der Waals surface area contributed by atoms with Crippen LogP contribution in [0.1, 0.15) is 12.0 Å². The summed E-state index contributed by atoms with van der Waals surface area (Å²) in [5.41, 5.74) is 1.84. The van der Waals surface area contributed by atoms with Crippen LogP contribution in [0.2, 0.25) is 0 Å². The number of urea groups is 1. The topological polar surface area (TPSA) is 61.9 Å². The molecule has 136 valence electrons. The summed E-state index contributed by atoms with van der Waals surface area (Å²) < 4.78 is 5.21. The summed E-state index contributed by atoms with van der Waals surface area (Å²) >= 11 is 0. The molecule has 2 aromatic carbocycles. The first kappa shape index (κ1) is 17.8. The van der Waals surface area contributed by atoms with Crippen LogP contribution < -0.4 is 15.0 Å². The van der Waals surface area contributed by atoms with Gasteiger partial charge in [-0.15, -0.1) is 0 Å². The number of anilines is 1. The van der Waals surface area contributed by atoms with Gasteiger partial charge in [0.15, 0.2) is 0 Å². The molecule has 3 amide bonds. The monoisotopic (exact) mass is 353 g/mol. The van der Waals surface area contributed by atoms with Crippen molar-refractivity contribution in [2.24, 2.45) is 0 Å². The molecule has 2 aromatic rings. The summed E-state index contributed by atoms with van der Waals surface area (Å²) in [6, 6.07) is 16.8. The average molecular weight is 353 g/mol. The molecule has 0 bridgehead atoms. The third kappa shape index (κ3) is 4.14. The molecule has 1 saturated heterocycles. The number of carbonyl (C=O) groups excluding carboxylic acids is 2. The summed E-state index contributed by atoms with van der Waals surface area (Å²) in [5, 5.41) is 2.95. The molecule has 6 nitrogen and oxygen atoms in total. The lowest BCUT2D eigenvalue weighted by atomic mass is 10.2. The van der Waals surface area contributed by atoms with E-state index in [0.717, 1.165) is 11.3 Å². The second-order valence-corrected chi connectivity index (χ2v) is 6.40. The first-order valence-corrected chi connectivity index (χ1v) is 8.57. The number of hydrogen-bond donors (Lipinski definition) is 1. The summed E-state index contributed by atoms with van der Waals surface area (Å²) in [4.78, 5) is 28.1. The lowest BCUT2D eigenvalue weighted by molar-refractivity contribution is -0.117. The summed E-state index contributed by atoms with van der Waals surface area (Å²) in [6.45, 7) is 0.976. The minimum Gasteiger partial charge on any atom is -0.497 e. The van der Waals surface area contributed by atoms with Crippen LogP contribution in [-0.4, -0.2) is 43.6 Å². The normalized spacial score (nSPS) is 16.5. The second kappa shape index (κ2) is 7.91. The van der Waals surface area contributed by atoms with Crippen LogP contribution >= 0.6 is 0 Å². The van der Waals surface area contributed by atoms with E-state index in [2.05, 4.69) is 5.32 Å². The maximum atomic E-state index is 12.4. The van der Waals surface area contributed by atoms with Gasteiger partial charge in [0.05, 0.1) is 13.2 Å². The maximum absolute atomic E-state index is 12.4. The van der Waals surface area contributed by atoms with Gasteiger partial charge in [0.2, 0.25) is 5.91 Å². The van der Waals surface area contributed by atoms with Crippen molar-refractivity contribution in [1.29, 1.82) is 0 Å². The van der Waals surface area contributed by atoms with Gasteiger partial charge in [-0.1, -0.05) is 36.4 Å². The fourth-order valence-corrected chi connectivity index (χ4v) is 3.05. The number of hydrogen-bond acceptors (Lipinski definition) is 3. The number of nitrogens with zero attached hydrogens (tertiary/aromatic N) is 2. The Labute approximate surface area is 153 Å². The van der Waals surface area contributed by atoms with E-state index in [0.29, 0.717) is 25.3 Å². The summed E-state index contributed by atoms with van der Waals surface area (Å²) in [6.07, 6.45) is 0.294. The van der Waals surface area contributed by atoms with E-state index in [1.807, 2.05) is 54.6 Å². The van der Waals surface area contributed by atoms with Crippen LogP contribution in [0.4, 0.5) is 10.5 Å². The van der Waals surface area contributed by atoms with Crippen LogP contribution in [0.3, 0.4) is 0 Å². The molecule has 3 rings (SSSR count). The zero-order valence-corrected chi connectivity index (χ0v) is 15.0. The molecule has 0 unspecified atom stereocenters. The molecule has 6 heteroatoms. The van der Waals surface area contributed by atoms with E-state index < -0.39 is 0 Å². The molecule has 1 aliphatic heterocycles. The molecular formula is C20H23N3O3. The molecule has 0 radical (unpaired) electrons. The number of nitrogens with one attached hydrogen (secondary N) is 1. The van der Waals surface area contributed by atoms with Crippen molar-refractivity contribution in [3.8, 4) is 5.75 Å². The van der Waals surface area contributed by atoms with Crippen molar-refractivity contribution in [2.75, 3.05) is 25.6 Å². The van der Waals surface area contributed by atoms with Gasteiger partial charge in [-0.25, -0.2) is 4.79 Å². The van der Waals surface area contributed by atoms with Crippen LogP contribution in [0.15, 0.2) is 54.6 Å². The molecule has 0 spiro atoms. The van der Waals surface area contributed by atoms with E-state index in [1.165, 1.54) is 0 Å². The zero-order chi connectivity index (χ0) is 18.5. The van der Waals surface area contributed by atoms with Gasteiger partial charge >= 0.3 is 6.03 Å². The highest BCUT2D eigenvalue weighted by molar-refractivity contribution is 5.97. The Morgan fingerprint density at radius 1 is 1.23 bits per heavy atom. The van der Waals surface area contributed by atoms with Crippen molar-refractivity contribution < 1.29 is 14.3 Å². The van der Waals surface area contributed by atoms with Crippen molar-refractivity contribution in [1.82, 2.24) is 10.2 Å². The van der Waals surface area contributed by atoms with Gasteiger partial charge in [-0.05, 0) is 17.7 Å². The van der Waals surface area contributed by atoms with E-state index in [-0.39, 0.29) is 18.0 Å². The smallest absolute Gasteiger partial charge is 0.317 e. The largest absolute Gasteiger partial charge is 0.497 e. The number of carbonyl (C=O) groups is 2. The zero-order valence-electron chi connectivity index (χ0n) is 15.0. The molecule has 26 heavy (non-hydrogen) atoms. The minimum absolute atomic E-state index is 0.00531. The van der Waals surface area contributed by atoms with Gasteiger partial charge in [0.1, 0.15) is 5.75 Å². The van der Waals surface area contributed by atoms with Gasteiger partial charge in [0, 0.05) is 38.3 Å². The molecule has 0 saturated carbocycles. The Morgan fingerprint density at radius 2 is 2.00 bits per heavy atom. The Balaban J connectivity index is 1.59. The highest BCUT2D eigenvalue weighted by Crippen LogP contribution is 2.25. The molecule has 0 aliphatic carbocycles. The third-order valence-electron chi connectivity index (χ3n) is 4.43. The first-order valence-electron chi connectivity index (χ1n) is 8.57. The van der Waals surface area contributed by atoms with Gasteiger partial charge in [0.25, 0.3) is 0 Å². The Bertz CT molecular complexity index is 779. The van der Waals surface area contributed by atoms with Gasteiger partial charge < -0.3 is 19.9 Å². The number of amides is 3. The third-order valence-corrected chi connectivity index (χ3v) is 4.43. The molecule has 1 N–H and O–H groups in total. The fraction of sp³-hybridized carbons (Fsp3) is 0.300. The quantitative estimate of drug-likeness (QED) is 0.899. The van der Waals surface area contributed by atoms with Crippen molar-refractivity contribution in [2.45, 2.75) is 19.0 Å². The highest BCUT2D eigenvalue weighted by Gasteiger charge is 2.32. The summed E-state index contributed by atoms with van der Waals surface area (Å²) in [7, 11) is 3.34. The predicted molar refractivity (Wildman–Crippen MR) is 100 cm³/mol. The van der Waals surface area contributed by atoms with Crippen LogP contribution in [0.25, 0.3) is 0 Å². The second-order valence-electron chi connectivity index (χ2n) is 6.40. The Hall–Kier alpha value is -3.02. The van der Waals surface area contributed by atoms with Crippen molar-refractivity contribution in [3.05, 3.63) is 60.2 Å². The minimum atomic E-state index is -0.209. The molecule has 1 heterocycles. The van der Waals surface area contributed by atoms with E-state index in [1.54, 1.807) is 24.0 Å². The van der Waals surface area contributed by atoms with Gasteiger partial charge in [-0.2, -0.15) is 0 Å². The standard InChI is InChI=1S/C20H23N3O3/c1-22(13-15-7-4-3-5-8-15)20(25)21-16-11-19(24)23(14-16)17-9-6-10-18(12-17)26-2/h3-10,12,16H,11,13-14H2,1-2H3,(H,21,25)/t16-/m0/s1. The number of methoxy groups -OCH3 is 1. The lowest BCUT2D eigenvalue weighted by Gasteiger charge is -2.21. The van der Waals surface area contributed by atoms with Crippen LogP contribution in [0.5, 0.6) is 5.75 Å². The SMILES string of the molecule is COc1cccc(N2C[C@@H](NC(=O)N(C)Cc3ccccc3)CC2=O)c1. The van der Waals surface area contributed by atoms with E-state index in [4.69, 9.17) is 4.74 Å². The lowest BCUT2D eigenvalue weighted by Crippen LogP contribution is -2.43. The van der Waals surface area contributed by atoms with E-state index >= 15 is 0 Å². The molecule has 1 aliphatic rings. The van der Waals surface area contributed by atoms with E-state index in [9.17, 15) is 9.59 Å². The van der Waals surface area contributed by atoms with Gasteiger partial charge in [-0.3, -0.25) is 4.79 Å². The average Bonchev–Trinajstić information content (AvgIpc) is 3.02. The Kier molecular flexibility index (Phi) is 5.41.